The van der Waals surface area contributed by atoms with Gasteiger partial charge in [-0.05, 0) is 22.5 Å². The summed E-state index contributed by atoms with van der Waals surface area (Å²) in [5, 5.41) is -1.34. The summed E-state index contributed by atoms with van der Waals surface area (Å²) < 4.78 is 39.6. The minimum Gasteiger partial charge on any atom is -0.166 e. The van der Waals surface area contributed by atoms with E-state index in [9.17, 15) is 13.2 Å². The van der Waals surface area contributed by atoms with E-state index in [2.05, 4.69) is 0 Å². The maximum absolute atomic E-state index is 13.2. The van der Waals surface area contributed by atoms with E-state index in [1.807, 2.05) is 41.5 Å². The lowest BCUT2D eigenvalue weighted by atomic mass is 9.37. The molecule has 1 rings (SSSR count). The summed E-state index contributed by atoms with van der Waals surface area (Å²) in [4.78, 5) is 0. The van der Waals surface area contributed by atoms with Gasteiger partial charge in [-0.1, -0.05) is 76.7 Å². The molecule has 1 aromatic carbocycles. The zero-order valence-corrected chi connectivity index (χ0v) is 15.4. The number of benzene rings is 1. The van der Waals surface area contributed by atoms with E-state index in [1.54, 1.807) is 0 Å². The maximum atomic E-state index is 13.2. The van der Waals surface area contributed by atoms with Crippen LogP contribution in [0, 0.1) is 5.41 Å². The van der Waals surface area contributed by atoms with E-state index in [-0.39, 0.29) is 5.46 Å². The molecule has 6 heteroatoms. The fourth-order valence-corrected chi connectivity index (χ4v) is 3.02. The molecule has 0 atom stereocenters. The molecule has 0 aliphatic carbocycles. The quantitative estimate of drug-likeness (QED) is 0.729. The smallest absolute Gasteiger partial charge is 0.166 e. The van der Waals surface area contributed by atoms with Crippen LogP contribution in [-0.4, -0.2) is 23.5 Å². The summed E-state index contributed by atoms with van der Waals surface area (Å²) in [6.07, 6.45) is -3.11. The van der Waals surface area contributed by atoms with Crippen LogP contribution in [0.25, 0.3) is 0 Å². The number of hydrogen-bond donors (Lipinski definition) is 0. The molecule has 0 fully saturated rings. The van der Waals surface area contributed by atoms with Gasteiger partial charge < -0.3 is 0 Å². The molecule has 0 saturated carbocycles. The Balaban J connectivity index is 3.83. The molecule has 0 aromatic heterocycles. The molecule has 0 N–H and O–H groups in total. The van der Waals surface area contributed by atoms with E-state index >= 15 is 0 Å². The second-order valence-corrected chi connectivity index (χ2v) is 7.87. The van der Waals surface area contributed by atoms with Crippen LogP contribution < -0.4 is 5.46 Å². The van der Waals surface area contributed by atoms with Crippen molar-refractivity contribution in [3.05, 3.63) is 28.8 Å². The topological polar surface area (TPSA) is 0 Å². The molecule has 24 heavy (non-hydrogen) atoms. The van der Waals surface area contributed by atoms with Gasteiger partial charge in [0.25, 0.3) is 0 Å². The largest absolute Gasteiger partial charge is 0.416 e. The first kappa shape index (κ1) is 21.2. The summed E-state index contributed by atoms with van der Waals surface area (Å²) in [6, 6.07) is 2.07. The van der Waals surface area contributed by atoms with Crippen LogP contribution in [0.5, 0.6) is 0 Å². The molecule has 0 aliphatic rings. The molecule has 0 nitrogen and oxygen atoms in total. The summed E-state index contributed by atoms with van der Waals surface area (Å²) in [5.41, 5.74) is -1.02. The third kappa shape index (κ3) is 3.73. The number of rotatable bonds is 4. The van der Waals surface area contributed by atoms with Gasteiger partial charge in [0.05, 0.1) is 21.3 Å². The van der Waals surface area contributed by atoms with Crippen molar-refractivity contribution in [1.82, 2.24) is 0 Å². The highest BCUT2D eigenvalue weighted by atomic mass is 19.4. The molecule has 0 bridgehead atoms. The monoisotopic (exact) mass is 330 g/mol. The highest BCUT2D eigenvalue weighted by Gasteiger charge is 2.42. The number of halogens is 3. The average Bonchev–Trinajstić information content (AvgIpc) is 2.42. The van der Waals surface area contributed by atoms with Gasteiger partial charge in [-0.3, -0.25) is 0 Å². The Labute approximate surface area is 148 Å². The second-order valence-electron chi connectivity index (χ2n) is 7.87. The summed E-state index contributed by atoms with van der Waals surface area (Å²) in [5.74, 6) is 0. The molecule has 6 radical (unpaired) electrons. The molecule has 0 amide bonds. The molecule has 0 heterocycles. The van der Waals surface area contributed by atoms with Crippen molar-refractivity contribution in [2.45, 2.75) is 71.2 Å². The Morgan fingerprint density at radius 1 is 0.917 bits per heavy atom. The summed E-state index contributed by atoms with van der Waals surface area (Å²) >= 11 is 0. The fraction of sp³-hybridized carbons (Fsp3) is 0.667. The minimum absolute atomic E-state index is 0.00660. The summed E-state index contributed by atoms with van der Waals surface area (Å²) in [6.45, 7) is 11.4. The Morgan fingerprint density at radius 2 is 1.38 bits per heavy atom. The van der Waals surface area contributed by atoms with Crippen molar-refractivity contribution < 1.29 is 13.2 Å². The zero-order valence-electron chi connectivity index (χ0n) is 15.4. The first-order valence-electron chi connectivity index (χ1n) is 8.21. The van der Waals surface area contributed by atoms with E-state index in [4.69, 9.17) is 23.5 Å². The SMILES string of the molecule is [B]c1cc(C(F)(F)F)cc(C(C)(C)C)c1C([B])([B])C(C)(CC)CC. The molecule has 0 spiro atoms. The molecule has 0 aliphatic heterocycles. The van der Waals surface area contributed by atoms with Crippen molar-refractivity contribution in [1.29, 1.82) is 0 Å². The van der Waals surface area contributed by atoms with Crippen molar-refractivity contribution >= 4 is 29.0 Å². The summed E-state index contributed by atoms with van der Waals surface area (Å²) in [7, 11) is 19.1. The third-order valence-corrected chi connectivity index (χ3v) is 5.28. The molecule has 0 unspecified atom stereocenters. The van der Waals surface area contributed by atoms with Gasteiger partial charge in [0.2, 0.25) is 0 Å². The van der Waals surface area contributed by atoms with Crippen molar-refractivity contribution in [3.63, 3.8) is 0 Å². The second kappa shape index (κ2) is 6.50. The van der Waals surface area contributed by atoms with Gasteiger partial charge in [0, 0.05) is 0 Å². The van der Waals surface area contributed by atoms with E-state index in [0.29, 0.717) is 24.0 Å². The zero-order chi connectivity index (χ0) is 19.1. The predicted molar refractivity (Wildman–Crippen MR) is 97.4 cm³/mol. The number of hydrogen-bond acceptors (Lipinski definition) is 0. The lowest BCUT2D eigenvalue weighted by Crippen LogP contribution is -2.49. The lowest BCUT2D eigenvalue weighted by molar-refractivity contribution is -0.137. The Bertz CT molecular complexity index is 595. The fourth-order valence-electron chi connectivity index (χ4n) is 3.02. The predicted octanol–water partition coefficient (Wildman–Crippen LogP) is 4.11. The van der Waals surface area contributed by atoms with Gasteiger partial charge in [-0.2, -0.15) is 13.2 Å². The molecular formula is C18H24B3F3. The first-order valence-corrected chi connectivity index (χ1v) is 8.21. The van der Waals surface area contributed by atoms with E-state index < -0.39 is 27.8 Å². The van der Waals surface area contributed by atoms with Gasteiger partial charge >= 0.3 is 6.18 Å². The van der Waals surface area contributed by atoms with E-state index in [1.165, 1.54) is 0 Å². The highest BCUT2D eigenvalue weighted by Crippen LogP contribution is 2.45. The van der Waals surface area contributed by atoms with Crippen LogP contribution in [0.3, 0.4) is 0 Å². The normalized spacial score (nSPS) is 14.0. The minimum atomic E-state index is -4.47. The van der Waals surface area contributed by atoms with Gasteiger partial charge in [-0.15, -0.1) is 0 Å². The lowest BCUT2D eigenvalue weighted by Gasteiger charge is -2.48. The molecular weight excluding hydrogens is 306 g/mol. The molecule has 0 saturated heterocycles. The molecule has 126 valence electrons. The van der Waals surface area contributed by atoms with Crippen LogP contribution in [0.15, 0.2) is 12.1 Å². The van der Waals surface area contributed by atoms with Crippen LogP contribution in [0.4, 0.5) is 13.2 Å². The maximum Gasteiger partial charge on any atom is 0.416 e. The van der Waals surface area contributed by atoms with Crippen LogP contribution in [0.1, 0.15) is 71.1 Å². The van der Waals surface area contributed by atoms with E-state index in [0.717, 1.165) is 12.1 Å². The van der Waals surface area contributed by atoms with Gasteiger partial charge in [0.1, 0.15) is 7.85 Å². The third-order valence-electron chi connectivity index (χ3n) is 5.28. The standard InChI is InChI=1S/C18H24B3F3/c1-7-16(6,8-2)17(20,21)14-12(15(3,4)5)9-11(10-13(14)19)18(22,23)24/h9-10H,7-8H2,1-6H3. The number of alkyl halides is 3. The van der Waals surface area contributed by atoms with Gasteiger partial charge in [-0.25, -0.2) is 0 Å². The van der Waals surface area contributed by atoms with Crippen molar-refractivity contribution in [2.24, 2.45) is 5.41 Å². The highest BCUT2D eigenvalue weighted by molar-refractivity contribution is 6.44. The van der Waals surface area contributed by atoms with Crippen LogP contribution in [0.2, 0.25) is 0 Å². The Morgan fingerprint density at radius 3 is 1.71 bits per heavy atom. The molecule has 1 aromatic rings. The van der Waals surface area contributed by atoms with Gasteiger partial charge in [0.15, 0.2) is 0 Å². The Hall–Kier alpha value is -0.795. The first-order chi connectivity index (χ1) is 10.6. The Kier molecular flexibility index (Phi) is 5.75. The van der Waals surface area contributed by atoms with Crippen LogP contribution >= 0.6 is 0 Å². The van der Waals surface area contributed by atoms with Crippen molar-refractivity contribution in [2.75, 3.05) is 0 Å². The van der Waals surface area contributed by atoms with Crippen molar-refractivity contribution in [3.8, 4) is 0 Å². The van der Waals surface area contributed by atoms with Crippen LogP contribution in [-0.2, 0) is 16.8 Å². The average molecular weight is 330 g/mol.